The second-order valence-corrected chi connectivity index (χ2v) is 9.13. The molecule has 2 fully saturated rings. The van der Waals surface area contributed by atoms with E-state index in [1.165, 1.54) is 0 Å². The maximum Gasteiger partial charge on any atom is 0.254 e. The molecule has 7 heteroatoms. The average molecular weight is 486 g/mol. The third kappa shape index (κ3) is 3.38. The molecule has 2 bridgehead atoms. The fourth-order valence-corrected chi connectivity index (χ4v) is 5.22. The Morgan fingerprint density at radius 3 is 2.37 bits per heavy atom. The lowest BCUT2D eigenvalue weighted by Gasteiger charge is -2.13. The Bertz CT molecular complexity index is 1050. The minimum Gasteiger partial charge on any atom is -0.488 e. The summed E-state index contributed by atoms with van der Waals surface area (Å²) in [6, 6.07) is 13.0. The molecule has 3 aliphatic rings. The summed E-state index contributed by atoms with van der Waals surface area (Å²) in [5.74, 6) is 0.221. The molecule has 152 valence electrons. The third-order valence-electron chi connectivity index (χ3n) is 6.03. The molecule has 0 radical (unpaired) electrons. The van der Waals surface area contributed by atoms with E-state index in [4.69, 9.17) is 16.3 Å². The first-order chi connectivity index (χ1) is 14.5. The molecule has 0 N–H and O–H groups in total. The minimum atomic E-state index is -0.236. The van der Waals surface area contributed by atoms with Crippen molar-refractivity contribution in [3.63, 3.8) is 0 Å². The molecule has 4 atom stereocenters. The van der Waals surface area contributed by atoms with Gasteiger partial charge in [-0.2, -0.15) is 10.1 Å². The molecule has 0 unspecified atom stereocenters. The van der Waals surface area contributed by atoms with Gasteiger partial charge in [0.15, 0.2) is 0 Å². The second-order valence-electron chi connectivity index (χ2n) is 7.84. The van der Waals surface area contributed by atoms with Crippen molar-refractivity contribution in [1.82, 2.24) is 5.01 Å². The molecule has 0 aromatic heterocycles. The monoisotopic (exact) mass is 484 g/mol. The van der Waals surface area contributed by atoms with Crippen molar-refractivity contribution in [3.8, 4) is 5.75 Å². The number of hydrogen-bond donors (Lipinski definition) is 0. The minimum absolute atomic E-state index is 0.180. The smallest absolute Gasteiger partial charge is 0.254 e. The van der Waals surface area contributed by atoms with E-state index in [9.17, 15) is 9.59 Å². The summed E-state index contributed by atoms with van der Waals surface area (Å²) in [6.07, 6.45) is 6.60. The molecule has 0 spiro atoms. The normalized spacial score (nSPS) is 26.8. The van der Waals surface area contributed by atoms with Gasteiger partial charge < -0.3 is 4.74 Å². The predicted molar refractivity (Wildman–Crippen MR) is 117 cm³/mol. The highest BCUT2D eigenvalue weighted by atomic mass is 79.9. The van der Waals surface area contributed by atoms with Crippen LogP contribution in [0, 0.1) is 23.7 Å². The SMILES string of the molecule is O=C1[C@@H]2[C@H](C(=O)N1N=Cc1ccc(OCc3ccc(Cl)cc3)c(Br)c1)[C@H]1C=C[C@H]2C1. The van der Waals surface area contributed by atoms with E-state index in [0.29, 0.717) is 17.4 Å². The first kappa shape index (κ1) is 19.5. The van der Waals surface area contributed by atoms with Crippen LogP contribution < -0.4 is 4.74 Å². The van der Waals surface area contributed by atoms with E-state index in [-0.39, 0.29) is 35.5 Å². The quantitative estimate of drug-likeness (QED) is 0.346. The maximum atomic E-state index is 12.7. The Hall–Kier alpha value is -2.44. The molecule has 2 aliphatic carbocycles. The maximum absolute atomic E-state index is 12.7. The van der Waals surface area contributed by atoms with E-state index < -0.39 is 0 Å². The van der Waals surface area contributed by atoms with Gasteiger partial charge >= 0.3 is 0 Å². The van der Waals surface area contributed by atoms with Crippen LogP contribution in [0.2, 0.25) is 5.02 Å². The van der Waals surface area contributed by atoms with Crippen LogP contribution in [-0.4, -0.2) is 23.0 Å². The molecule has 5 nitrogen and oxygen atoms in total. The molecule has 2 amide bonds. The summed E-state index contributed by atoms with van der Waals surface area (Å²) in [6.45, 7) is 0.416. The number of hydrazone groups is 1. The number of amides is 2. The Balaban J connectivity index is 1.26. The second kappa shape index (κ2) is 7.67. The lowest BCUT2D eigenvalue weighted by molar-refractivity contribution is -0.140. The summed E-state index contributed by atoms with van der Waals surface area (Å²) in [4.78, 5) is 25.4. The number of ether oxygens (including phenoxy) is 1. The average Bonchev–Trinajstić information content (AvgIpc) is 3.41. The van der Waals surface area contributed by atoms with E-state index in [1.54, 1.807) is 6.21 Å². The number of nitrogens with zero attached hydrogens (tertiary/aromatic N) is 2. The molecule has 1 aliphatic heterocycles. The number of halogens is 2. The first-order valence-corrected chi connectivity index (χ1v) is 11.0. The van der Waals surface area contributed by atoms with E-state index >= 15 is 0 Å². The number of benzene rings is 2. The molecule has 2 aromatic carbocycles. The Kier molecular flexibility index (Phi) is 4.99. The van der Waals surface area contributed by atoms with Gasteiger partial charge in [0.25, 0.3) is 11.8 Å². The Labute approximate surface area is 187 Å². The van der Waals surface area contributed by atoms with Crippen molar-refractivity contribution in [3.05, 3.63) is 75.2 Å². The number of rotatable bonds is 5. The lowest BCUT2D eigenvalue weighted by Crippen LogP contribution is -2.28. The van der Waals surface area contributed by atoms with Crippen LogP contribution in [0.1, 0.15) is 17.5 Å². The van der Waals surface area contributed by atoms with Gasteiger partial charge in [0, 0.05) is 5.02 Å². The van der Waals surface area contributed by atoms with Gasteiger partial charge in [-0.05, 0) is 75.6 Å². The van der Waals surface area contributed by atoms with Gasteiger partial charge in [-0.25, -0.2) is 0 Å². The van der Waals surface area contributed by atoms with Gasteiger partial charge in [-0.3, -0.25) is 9.59 Å². The van der Waals surface area contributed by atoms with Crippen LogP contribution in [0.25, 0.3) is 0 Å². The van der Waals surface area contributed by atoms with Crippen molar-refractivity contribution in [2.75, 3.05) is 0 Å². The van der Waals surface area contributed by atoms with Gasteiger partial charge in [0.1, 0.15) is 12.4 Å². The van der Waals surface area contributed by atoms with Crippen molar-refractivity contribution in [2.45, 2.75) is 13.0 Å². The molecular formula is C23H18BrClN2O3. The third-order valence-corrected chi connectivity index (χ3v) is 6.90. The molecule has 2 aromatic rings. The zero-order valence-corrected chi connectivity index (χ0v) is 18.2. The highest BCUT2D eigenvalue weighted by molar-refractivity contribution is 9.10. The van der Waals surface area contributed by atoms with Gasteiger partial charge in [0.05, 0.1) is 22.5 Å². The van der Waals surface area contributed by atoms with Crippen LogP contribution in [0.5, 0.6) is 5.75 Å². The van der Waals surface area contributed by atoms with Crippen molar-refractivity contribution in [1.29, 1.82) is 0 Å². The van der Waals surface area contributed by atoms with Crippen molar-refractivity contribution < 1.29 is 14.3 Å². The van der Waals surface area contributed by atoms with Crippen LogP contribution in [0.4, 0.5) is 0 Å². The number of carbonyl (C=O) groups is 2. The topological polar surface area (TPSA) is 59.0 Å². The fraction of sp³-hybridized carbons (Fsp3) is 0.261. The first-order valence-electron chi connectivity index (χ1n) is 9.78. The summed E-state index contributed by atoms with van der Waals surface area (Å²) in [5.41, 5.74) is 1.77. The number of allylic oxidation sites excluding steroid dienone is 2. The molecule has 30 heavy (non-hydrogen) atoms. The van der Waals surface area contributed by atoms with Gasteiger partial charge in [0.2, 0.25) is 0 Å². The molecule has 1 saturated heterocycles. The number of fused-ring (bicyclic) bond motifs is 5. The highest BCUT2D eigenvalue weighted by Gasteiger charge is 2.59. The largest absolute Gasteiger partial charge is 0.488 e. The molecule has 1 heterocycles. The molecule has 1 saturated carbocycles. The van der Waals surface area contributed by atoms with Crippen LogP contribution in [0.3, 0.4) is 0 Å². The van der Waals surface area contributed by atoms with Crippen molar-refractivity contribution in [2.24, 2.45) is 28.8 Å². The summed E-state index contributed by atoms with van der Waals surface area (Å²) >= 11 is 9.41. The van der Waals surface area contributed by atoms with Crippen LogP contribution in [-0.2, 0) is 16.2 Å². The Morgan fingerprint density at radius 1 is 1.07 bits per heavy atom. The summed E-state index contributed by atoms with van der Waals surface area (Å²) in [5, 5.41) is 5.96. The molecular weight excluding hydrogens is 468 g/mol. The molecule has 5 rings (SSSR count). The zero-order chi connectivity index (χ0) is 20.8. The standard InChI is InChI=1S/C23H18BrClN2O3/c24-18-9-14(3-8-19(18)30-12-13-1-6-17(25)7-2-13)11-26-27-22(28)20-15-4-5-16(10-15)21(20)23(27)29/h1-9,11,15-16,20-21H,10,12H2/t15-,16-,20-,21+/m0/s1. The predicted octanol–water partition coefficient (Wildman–Crippen LogP) is 4.82. The summed E-state index contributed by atoms with van der Waals surface area (Å²) < 4.78 is 6.61. The van der Waals surface area contributed by atoms with Crippen molar-refractivity contribution >= 4 is 45.6 Å². The zero-order valence-electron chi connectivity index (χ0n) is 15.9. The highest BCUT2D eigenvalue weighted by Crippen LogP contribution is 2.52. The lowest BCUT2D eigenvalue weighted by atomic mass is 9.85. The summed E-state index contributed by atoms with van der Waals surface area (Å²) in [7, 11) is 0. The number of carbonyl (C=O) groups excluding carboxylic acids is 2. The van der Waals surface area contributed by atoms with Gasteiger partial charge in [-0.15, -0.1) is 0 Å². The Morgan fingerprint density at radius 2 is 1.73 bits per heavy atom. The fourth-order valence-electron chi connectivity index (χ4n) is 4.58. The van der Waals surface area contributed by atoms with Gasteiger partial charge in [-0.1, -0.05) is 35.9 Å². The van der Waals surface area contributed by atoms with E-state index in [2.05, 4.69) is 33.2 Å². The van der Waals surface area contributed by atoms with E-state index in [0.717, 1.165) is 27.0 Å². The van der Waals surface area contributed by atoms with Crippen LogP contribution >= 0.6 is 27.5 Å². The van der Waals surface area contributed by atoms with Crippen LogP contribution in [0.15, 0.2) is 64.2 Å². The number of hydrogen-bond acceptors (Lipinski definition) is 4. The number of imide groups is 1. The van der Waals surface area contributed by atoms with E-state index in [1.807, 2.05) is 42.5 Å².